The van der Waals surface area contributed by atoms with Gasteiger partial charge >= 0.3 is 0 Å². The highest BCUT2D eigenvalue weighted by Gasteiger charge is 2.35. The summed E-state index contributed by atoms with van der Waals surface area (Å²) in [5.41, 5.74) is 1.52. The minimum atomic E-state index is -0.210. The van der Waals surface area contributed by atoms with E-state index < -0.39 is 0 Å². The summed E-state index contributed by atoms with van der Waals surface area (Å²) in [6.07, 6.45) is 3.58. The van der Waals surface area contributed by atoms with Gasteiger partial charge < -0.3 is 14.7 Å². The van der Waals surface area contributed by atoms with Crippen molar-refractivity contribution in [1.29, 1.82) is 0 Å². The molecule has 1 saturated carbocycles. The smallest absolute Gasteiger partial charge is 0.242 e. The van der Waals surface area contributed by atoms with Gasteiger partial charge in [-0.15, -0.1) is 0 Å². The minimum Gasteiger partial charge on any atom is -0.362 e. The Morgan fingerprint density at radius 1 is 1.08 bits per heavy atom. The molecule has 26 heavy (non-hydrogen) atoms. The molecule has 2 aliphatic heterocycles. The molecule has 4 rings (SSSR count). The van der Waals surface area contributed by atoms with E-state index in [1.807, 2.05) is 20.8 Å². The first-order valence-corrected chi connectivity index (χ1v) is 10.1. The standard InChI is InChI=1S/C19H23BrFN3O2/c20-14-10-16(21)15-2-1-5-24(17(15)11-14)12-18(25)22-6-8-23(9-7-22)19(26)13-3-4-13/h10-11,13H,1-9,12H2. The molecule has 7 heteroatoms. The number of hydrogen-bond donors (Lipinski definition) is 0. The van der Waals surface area contributed by atoms with Crippen LogP contribution in [0.3, 0.4) is 0 Å². The Labute approximate surface area is 161 Å². The lowest BCUT2D eigenvalue weighted by atomic mass is 10.0. The molecule has 0 aromatic heterocycles. The Hall–Kier alpha value is -1.63. The second kappa shape index (κ2) is 7.18. The fourth-order valence-corrected chi connectivity index (χ4v) is 4.30. The van der Waals surface area contributed by atoms with Crippen molar-refractivity contribution in [2.75, 3.05) is 44.2 Å². The molecule has 1 saturated heterocycles. The van der Waals surface area contributed by atoms with E-state index in [9.17, 15) is 14.0 Å². The van der Waals surface area contributed by atoms with Gasteiger partial charge in [-0.1, -0.05) is 15.9 Å². The molecule has 0 bridgehead atoms. The Balaban J connectivity index is 1.38. The summed E-state index contributed by atoms with van der Waals surface area (Å²) in [5, 5.41) is 0. The highest BCUT2D eigenvalue weighted by molar-refractivity contribution is 9.10. The monoisotopic (exact) mass is 423 g/mol. The van der Waals surface area contributed by atoms with Crippen LogP contribution in [-0.4, -0.2) is 60.9 Å². The Morgan fingerprint density at radius 3 is 2.46 bits per heavy atom. The first-order valence-electron chi connectivity index (χ1n) is 9.32. The Kier molecular flexibility index (Phi) is 4.90. The second-order valence-electron chi connectivity index (χ2n) is 7.39. The maximum absolute atomic E-state index is 14.2. The normalized spacial score (nSPS) is 20.2. The number of amides is 2. The molecule has 140 valence electrons. The van der Waals surface area contributed by atoms with Gasteiger partial charge in [0.25, 0.3) is 0 Å². The number of benzene rings is 1. The predicted octanol–water partition coefficient (Wildman–Crippen LogP) is 2.42. The lowest BCUT2D eigenvalue weighted by Gasteiger charge is -2.37. The van der Waals surface area contributed by atoms with Crippen LogP contribution in [-0.2, 0) is 16.0 Å². The van der Waals surface area contributed by atoms with Crippen LogP contribution < -0.4 is 4.90 Å². The highest BCUT2D eigenvalue weighted by atomic mass is 79.9. The summed E-state index contributed by atoms with van der Waals surface area (Å²) in [4.78, 5) is 30.6. The number of fused-ring (bicyclic) bond motifs is 1. The minimum absolute atomic E-state index is 0.0526. The van der Waals surface area contributed by atoms with E-state index in [1.54, 1.807) is 0 Å². The van der Waals surface area contributed by atoms with Crippen LogP contribution >= 0.6 is 15.9 Å². The van der Waals surface area contributed by atoms with Crippen LogP contribution in [0.2, 0.25) is 0 Å². The van der Waals surface area contributed by atoms with Gasteiger partial charge in [0.15, 0.2) is 0 Å². The number of carbonyl (C=O) groups is 2. The summed E-state index contributed by atoms with van der Waals surface area (Å²) in [5.74, 6) is 0.327. The summed E-state index contributed by atoms with van der Waals surface area (Å²) < 4.78 is 14.9. The van der Waals surface area contributed by atoms with Crippen LogP contribution in [0.25, 0.3) is 0 Å². The third kappa shape index (κ3) is 3.59. The fraction of sp³-hybridized carbons (Fsp3) is 0.579. The average Bonchev–Trinajstić information content (AvgIpc) is 3.47. The molecule has 3 aliphatic rings. The number of rotatable bonds is 3. The van der Waals surface area contributed by atoms with E-state index in [0.29, 0.717) is 42.6 Å². The molecule has 2 fully saturated rings. The van der Waals surface area contributed by atoms with E-state index in [2.05, 4.69) is 15.9 Å². The maximum atomic E-state index is 14.2. The molecule has 5 nitrogen and oxygen atoms in total. The van der Waals surface area contributed by atoms with E-state index in [1.165, 1.54) is 6.07 Å². The number of hydrogen-bond acceptors (Lipinski definition) is 3. The predicted molar refractivity (Wildman–Crippen MR) is 101 cm³/mol. The maximum Gasteiger partial charge on any atom is 0.242 e. The van der Waals surface area contributed by atoms with Gasteiger partial charge in [-0.3, -0.25) is 9.59 Å². The molecule has 0 unspecified atom stereocenters. The zero-order valence-corrected chi connectivity index (χ0v) is 16.3. The largest absolute Gasteiger partial charge is 0.362 e. The lowest BCUT2D eigenvalue weighted by Crippen LogP contribution is -2.53. The van der Waals surface area contributed by atoms with Gasteiger partial charge in [0.05, 0.1) is 6.54 Å². The first kappa shape index (κ1) is 17.8. The summed E-state index contributed by atoms with van der Waals surface area (Å²) in [6, 6.07) is 3.39. The third-order valence-corrected chi connectivity index (χ3v) is 5.99. The molecule has 1 aromatic rings. The lowest BCUT2D eigenvalue weighted by molar-refractivity contribution is -0.139. The van der Waals surface area contributed by atoms with E-state index in [0.717, 1.165) is 31.5 Å². The van der Waals surface area contributed by atoms with Crippen LogP contribution in [0.1, 0.15) is 24.8 Å². The molecule has 0 atom stereocenters. The van der Waals surface area contributed by atoms with Crippen molar-refractivity contribution in [3.8, 4) is 0 Å². The van der Waals surface area contributed by atoms with E-state index >= 15 is 0 Å². The molecule has 0 N–H and O–H groups in total. The van der Waals surface area contributed by atoms with Gasteiger partial charge in [-0.05, 0) is 37.8 Å². The first-order chi connectivity index (χ1) is 12.5. The van der Waals surface area contributed by atoms with Crippen LogP contribution in [0.4, 0.5) is 10.1 Å². The number of piperazine rings is 1. The summed E-state index contributed by atoms with van der Waals surface area (Å²) >= 11 is 3.35. The number of halogens is 2. The number of nitrogens with zero attached hydrogens (tertiary/aromatic N) is 3. The molecule has 0 radical (unpaired) electrons. The number of carbonyl (C=O) groups excluding carboxylic acids is 2. The molecule has 1 aliphatic carbocycles. The van der Waals surface area contributed by atoms with Gasteiger partial charge in [0.2, 0.25) is 11.8 Å². The molecule has 2 amide bonds. The quantitative estimate of drug-likeness (QED) is 0.749. The molecular weight excluding hydrogens is 401 g/mol. The van der Waals surface area contributed by atoms with E-state index in [4.69, 9.17) is 0 Å². The zero-order chi connectivity index (χ0) is 18.3. The van der Waals surface area contributed by atoms with Crippen LogP contribution in [0.5, 0.6) is 0 Å². The van der Waals surface area contributed by atoms with Crippen molar-refractivity contribution in [3.63, 3.8) is 0 Å². The Morgan fingerprint density at radius 2 is 1.77 bits per heavy atom. The van der Waals surface area contributed by atoms with Gasteiger partial charge in [0.1, 0.15) is 5.82 Å². The summed E-state index contributed by atoms with van der Waals surface area (Å²) in [6.45, 7) is 3.44. The molecule has 2 heterocycles. The van der Waals surface area contributed by atoms with Crippen molar-refractivity contribution >= 4 is 33.4 Å². The molecular formula is C19H23BrFN3O2. The van der Waals surface area contributed by atoms with Gasteiger partial charge in [0, 0.05) is 54.4 Å². The number of anilines is 1. The van der Waals surface area contributed by atoms with Crippen molar-refractivity contribution in [2.45, 2.75) is 25.7 Å². The van der Waals surface area contributed by atoms with Crippen LogP contribution in [0.15, 0.2) is 16.6 Å². The van der Waals surface area contributed by atoms with Crippen LogP contribution in [0, 0.1) is 11.7 Å². The summed E-state index contributed by atoms with van der Waals surface area (Å²) in [7, 11) is 0. The Bertz CT molecular complexity index is 730. The second-order valence-corrected chi connectivity index (χ2v) is 8.31. The highest BCUT2D eigenvalue weighted by Crippen LogP contribution is 2.33. The third-order valence-electron chi connectivity index (χ3n) is 5.53. The topological polar surface area (TPSA) is 43.9 Å². The SMILES string of the molecule is O=C(CN1CCCc2c(F)cc(Br)cc21)N1CCN(C(=O)C2CC2)CC1. The fourth-order valence-electron chi connectivity index (χ4n) is 3.88. The van der Waals surface area contributed by atoms with Gasteiger partial charge in [-0.2, -0.15) is 0 Å². The van der Waals surface area contributed by atoms with Gasteiger partial charge in [-0.25, -0.2) is 4.39 Å². The van der Waals surface area contributed by atoms with Crippen molar-refractivity contribution in [1.82, 2.24) is 9.80 Å². The molecule has 1 aromatic carbocycles. The zero-order valence-electron chi connectivity index (χ0n) is 14.7. The van der Waals surface area contributed by atoms with Crippen molar-refractivity contribution in [3.05, 3.63) is 28.0 Å². The molecule has 0 spiro atoms. The average molecular weight is 424 g/mol. The van der Waals surface area contributed by atoms with E-state index in [-0.39, 0.29) is 30.1 Å². The van der Waals surface area contributed by atoms with Crippen molar-refractivity contribution in [2.24, 2.45) is 5.92 Å². The van der Waals surface area contributed by atoms with Crippen molar-refractivity contribution < 1.29 is 14.0 Å².